The number of hydrogen-bond donors (Lipinski definition) is 2. The van der Waals surface area contributed by atoms with Gasteiger partial charge in [0.25, 0.3) is 5.91 Å². The first-order valence-electron chi connectivity index (χ1n) is 5.92. The molecule has 0 radical (unpaired) electrons. The van der Waals surface area contributed by atoms with Gasteiger partial charge in [0, 0.05) is 19.5 Å². The van der Waals surface area contributed by atoms with E-state index < -0.39 is 18.2 Å². The number of aliphatic carboxylic acids is 1. The van der Waals surface area contributed by atoms with Gasteiger partial charge in [-0.05, 0) is 18.6 Å². The van der Waals surface area contributed by atoms with Crippen LogP contribution in [0.4, 0.5) is 0 Å². The van der Waals surface area contributed by atoms with Crippen molar-refractivity contribution in [3.05, 3.63) is 23.8 Å². The van der Waals surface area contributed by atoms with E-state index in [4.69, 9.17) is 14.6 Å². The van der Waals surface area contributed by atoms with Crippen LogP contribution >= 0.6 is 0 Å². The molecule has 2 atom stereocenters. The summed E-state index contributed by atoms with van der Waals surface area (Å²) in [6.45, 7) is 1.63. The number of hydrogen-bond acceptors (Lipinski definition) is 4. The molecular formula is C13H15NO5. The summed E-state index contributed by atoms with van der Waals surface area (Å²) in [6, 6.07) is 5.06. The van der Waals surface area contributed by atoms with Crippen LogP contribution in [-0.4, -0.2) is 36.2 Å². The quantitative estimate of drug-likeness (QED) is 0.832. The van der Waals surface area contributed by atoms with Crippen molar-refractivity contribution in [1.82, 2.24) is 5.32 Å². The van der Waals surface area contributed by atoms with Crippen LogP contribution in [-0.2, 0) is 16.0 Å². The van der Waals surface area contributed by atoms with E-state index in [1.807, 2.05) is 0 Å². The molecule has 1 aromatic carbocycles. The van der Waals surface area contributed by atoms with Gasteiger partial charge >= 0.3 is 5.97 Å². The molecule has 19 heavy (non-hydrogen) atoms. The number of carbonyl (C=O) groups is 2. The van der Waals surface area contributed by atoms with E-state index in [0.29, 0.717) is 17.9 Å². The number of rotatable bonds is 4. The lowest BCUT2D eigenvalue weighted by atomic mass is 10.1. The van der Waals surface area contributed by atoms with Crippen LogP contribution in [0.3, 0.4) is 0 Å². The van der Waals surface area contributed by atoms with E-state index in [1.165, 1.54) is 7.05 Å². The maximum Gasteiger partial charge on any atom is 0.345 e. The zero-order valence-corrected chi connectivity index (χ0v) is 10.7. The largest absolute Gasteiger partial charge is 0.481 e. The van der Waals surface area contributed by atoms with Gasteiger partial charge in [0.15, 0.2) is 12.2 Å². The van der Waals surface area contributed by atoms with Crippen LogP contribution in [0, 0.1) is 0 Å². The predicted molar refractivity (Wildman–Crippen MR) is 66.4 cm³/mol. The molecule has 0 aromatic heterocycles. The second kappa shape index (κ2) is 5.17. The van der Waals surface area contributed by atoms with Gasteiger partial charge in [-0.1, -0.05) is 6.07 Å². The molecule has 2 N–H and O–H groups in total. The molecule has 1 aromatic rings. The Kier molecular flexibility index (Phi) is 3.59. The first-order chi connectivity index (χ1) is 9.01. The Morgan fingerprint density at radius 2 is 2.26 bits per heavy atom. The Hall–Kier alpha value is -2.24. The molecule has 6 nitrogen and oxygen atoms in total. The standard InChI is InChI=1S/C13H15NO5/c1-7(12(15)14-2)18-9-4-3-8-5-11(13(16)17)19-10(8)6-9/h3-4,6-7,11H,5H2,1-2H3,(H,14,15)(H,16,17). The van der Waals surface area contributed by atoms with Crippen LogP contribution in [0.1, 0.15) is 12.5 Å². The summed E-state index contributed by atoms with van der Waals surface area (Å²) < 4.78 is 10.7. The van der Waals surface area contributed by atoms with Gasteiger partial charge in [0.1, 0.15) is 11.5 Å². The van der Waals surface area contributed by atoms with Crippen molar-refractivity contribution in [2.45, 2.75) is 25.6 Å². The van der Waals surface area contributed by atoms with Crippen LogP contribution < -0.4 is 14.8 Å². The summed E-state index contributed by atoms with van der Waals surface area (Å²) in [5.74, 6) is -0.253. The normalized spacial score (nSPS) is 18.1. The van der Waals surface area contributed by atoms with E-state index in [9.17, 15) is 9.59 Å². The second-order valence-electron chi connectivity index (χ2n) is 4.29. The molecule has 2 unspecified atom stereocenters. The number of benzene rings is 1. The van der Waals surface area contributed by atoms with Crippen molar-refractivity contribution in [3.63, 3.8) is 0 Å². The molecule has 1 heterocycles. The smallest absolute Gasteiger partial charge is 0.345 e. The number of carboxylic acids is 1. The average molecular weight is 265 g/mol. The molecule has 0 fully saturated rings. The lowest BCUT2D eigenvalue weighted by Gasteiger charge is -2.13. The van der Waals surface area contributed by atoms with Gasteiger partial charge in [-0.2, -0.15) is 0 Å². The number of fused-ring (bicyclic) bond motifs is 1. The molecule has 0 spiro atoms. The third kappa shape index (κ3) is 2.78. The molecular weight excluding hydrogens is 250 g/mol. The monoisotopic (exact) mass is 265 g/mol. The highest BCUT2D eigenvalue weighted by atomic mass is 16.5. The van der Waals surface area contributed by atoms with E-state index in [0.717, 1.165) is 5.56 Å². The minimum atomic E-state index is -0.989. The van der Waals surface area contributed by atoms with Crippen LogP contribution in [0.15, 0.2) is 18.2 Å². The zero-order chi connectivity index (χ0) is 14.0. The SMILES string of the molecule is CNC(=O)C(C)Oc1ccc2c(c1)OC(C(=O)O)C2. The zero-order valence-electron chi connectivity index (χ0n) is 10.7. The topological polar surface area (TPSA) is 84.9 Å². The fourth-order valence-corrected chi connectivity index (χ4v) is 1.88. The van der Waals surface area contributed by atoms with Crippen molar-refractivity contribution in [3.8, 4) is 11.5 Å². The van der Waals surface area contributed by atoms with Crippen LogP contribution in [0.2, 0.25) is 0 Å². The van der Waals surface area contributed by atoms with Crippen LogP contribution in [0.5, 0.6) is 11.5 Å². The summed E-state index contributed by atoms with van der Waals surface area (Å²) in [6.07, 6.45) is -1.13. The van der Waals surface area contributed by atoms with Crippen molar-refractivity contribution in [1.29, 1.82) is 0 Å². The molecule has 0 saturated carbocycles. The van der Waals surface area contributed by atoms with Gasteiger partial charge in [-0.3, -0.25) is 4.79 Å². The predicted octanol–water partition coefficient (Wildman–Crippen LogP) is 0.588. The number of likely N-dealkylation sites (N-methyl/N-ethyl adjacent to an activating group) is 1. The van der Waals surface area contributed by atoms with E-state index in [-0.39, 0.29) is 5.91 Å². The van der Waals surface area contributed by atoms with Gasteiger partial charge in [-0.15, -0.1) is 0 Å². The van der Waals surface area contributed by atoms with E-state index in [1.54, 1.807) is 25.1 Å². The van der Waals surface area contributed by atoms with Crippen molar-refractivity contribution < 1.29 is 24.2 Å². The molecule has 1 aliphatic rings. The van der Waals surface area contributed by atoms with Crippen molar-refractivity contribution in [2.24, 2.45) is 0 Å². The Morgan fingerprint density at radius 3 is 2.89 bits per heavy atom. The van der Waals surface area contributed by atoms with E-state index >= 15 is 0 Å². The first kappa shape index (κ1) is 13.2. The Morgan fingerprint density at radius 1 is 1.53 bits per heavy atom. The molecule has 1 aliphatic heterocycles. The van der Waals surface area contributed by atoms with E-state index in [2.05, 4.69) is 5.32 Å². The van der Waals surface area contributed by atoms with Gasteiger partial charge < -0.3 is 19.9 Å². The lowest BCUT2D eigenvalue weighted by molar-refractivity contribution is -0.144. The fourth-order valence-electron chi connectivity index (χ4n) is 1.88. The third-order valence-electron chi connectivity index (χ3n) is 2.92. The lowest BCUT2D eigenvalue weighted by Crippen LogP contribution is -2.33. The average Bonchev–Trinajstić information content (AvgIpc) is 2.81. The van der Waals surface area contributed by atoms with Gasteiger partial charge in [0.2, 0.25) is 0 Å². The maximum absolute atomic E-state index is 11.3. The third-order valence-corrected chi connectivity index (χ3v) is 2.92. The summed E-state index contributed by atoms with van der Waals surface area (Å²) in [5.41, 5.74) is 0.826. The molecule has 0 bridgehead atoms. The Labute approximate surface area is 110 Å². The summed E-state index contributed by atoms with van der Waals surface area (Å²) in [4.78, 5) is 22.2. The highest BCUT2D eigenvalue weighted by Crippen LogP contribution is 2.32. The molecule has 6 heteroatoms. The van der Waals surface area contributed by atoms with Gasteiger partial charge in [-0.25, -0.2) is 4.79 Å². The molecule has 1 amide bonds. The molecule has 0 aliphatic carbocycles. The number of nitrogens with one attached hydrogen (secondary N) is 1. The number of ether oxygens (including phenoxy) is 2. The first-order valence-corrected chi connectivity index (χ1v) is 5.92. The second-order valence-corrected chi connectivity index (χ2v) is 4.29. The minimum Gasteiger partial charge on any atom is -0.481 e. The maximum atomic E-state index is 11.3. The van der Waals surface area contributed by atoms with Gasteiger partial charge in [0.05, 0.1) is 0 Å². The highest BCUT2D eigenvalue weighted by molar-refractivity contribution is 5.80. The Bertz CT molecular complexity index is 514. The summed E-state index contributed by atoms with van der Waals surface area (Å²) in [5, 5.41) is 11.4. The summed E-state index contributed by atoms with van der Waals surface area (Å²) in [7, 11) is 1.53. The minimum absolute atomic E-state index is 0.232. The van der Waals surface area contributed by atoms with Crippen LogP contribution in [0.25, 0.3) is 0 Å². The number of carboxylic acid groups (broad SMARTS) is 1. The molecule has 0 saturated heterocycles. The molecule has 102 valence electrons. The Balaban J connectivity index is 2.09. The number of carbonyl (C=O) groups excluding carboxylic acids is 1. The number of amides is 1. The fraction of sp³-hybridized carbons (Fsp3) is 0.385. The molecule has 2 rings (SSSR count). The van der Waals surface area contributed by atoms with Crippen molar-refractivity contribution >= 4 is 11.9 Å². The summed E-state index contributed by atoms with van der Waals surface area (Å²) >= 11 is 0. The highest BCUT2D eigenvalue weighted by Gasteiger charge is 2.29. The van der Waals surface area contributed by atoms with Crippen molar-refractivity contribution in [2.75, 3.05) is 7.05 Å².